The first kappa shape index (κ1) is 15.7. The molecule has 0 aliphatic rings. The molecule has 0 fully saturated rings. The van der Waals surface area contributed by atoms with E-state index in [4.69, 9.17) is 14.2 Å². The summed E-state index contributed by atoms with van der Waals surface area (Å²) in [5, 5.41) is 3.40. The molecular formula is C13H23N3O3. The molecule has 1 aromatic rings. The molecule has 0 radical (unpaired) electrons. The van der Waals surface area contributed by atoms with E-state index in [0.717, 1.165) is 18.7 Å². The number of nitrogens with one attached hydrogen (secondary N) is 1. The highest BCUT2D eigenvalue weighted by atomic mass is 16.5. The highest BCUT2D eigenvalue weighted by molar-refractivity contribution is 5.26. The van der Waals surface area contributed by atoms with Crippen LogP contribution in [0.15, 0.2) is 6.20 Å². The molecule has 0 saturated carbocycles. The summed E-state index contributed by atoms with van der Waals surface area (Å²) in [6.45, 7) is 4.96. The third-order valence-electron chi connectivity index (χ3n) is 2.90. The van der Waals surface area contributed by atoms with Gasteiger partial charge in [-0.1, -0.05) is 6.92 Å². The number of hydrogen-bond donors (Lipinski definition) is 1. The topological polar surface area (TPSA) is 65.5 Å². The first-order chi connectivity index (χ1) is 9.17. The van der Waals surface area contributed by atoms with Gasteiger partial charge in [0.25, 0.3) is 0 Å². The van der Waals surface area contributed by atoms with Gasteiger partial charge in [0.1, 0.15) is 5.69 Å². The number of nitrogens with zero attached hydrogens (tertiary/aromatic N) is 2. The van der Waals surface area contributed by atoms with Crippen LogP contribution in [0, 0.1) is 0 Å². The lowest BCUT2D eigenvalue weighted by Crippen LogP contribution is -2.33. The normalized spacial score (nSPS) is 13.9. The summed E-state index contributed by atoms with van der Waals surface area (Å²) in [5.41, 5.74) is 0.728. The van der Waals surface area contributed by atoms with E-state index >= 15 is 0 Å². The number of rotatable bonds is 8. The summed E-state index contributed by atoms with van der Waals surface area (Å²) in [6, 6.07) is -0.0710. The Bertz CT molecular complexity index is 387. The number of hydrogen-bond acceptors (Lipinski definition) is 6. The van der Waals surface area contributed by atoms with Gasteiger partial charge in [-0.05, 0) is 19.9 Å². The van der Waals surface area contributed by atoms with Gasteiger partial charge < -0.3 is 19.5 Å². The third kappa shape index (κ3) is 4.04. The first-order valence-corrected chi connectivity index (χ1v) is 6.39. The van der Waals surface area contributed by atoms with Crippen molar-refractivity contribution in [3.05, 3.63) is 11.9 Å². The Morgan fingerprint density at radius 1 is 1.26 bits per heavy atom. The maximum atomic E-state index is 5.40. The minimum atomic E-state index is -0.0710. The van der Waals surface area contributed by atoms with Crippen molar-refractivity contribution < 1.29 is 14.2 Å². The Kier molecular flexibility index (Phi) is 6.52. The Morgan fingerprint density at radius 2 is 2.00 bits per heavy atom. The molecule has 2 atom stereocenters. The van der Waals surface area contributed by atoms with Gasteiger partial charge in [0.05, 0.1) is 32.6 Å². The molecule has 0 amide bonds. The van der Waals surface area contributed by atoms with E-state index in [1.165, 1.54) is 0 Å². The van der Waals surface area contributed by atoms with Crippen molar-refractivity contribution >= 4 is 0 Å². The lowest BCUT2D eigenvalue weighted by atomic mass is 10.1. The number of methoxy groups -OCH3 is 3. The van der Waals surface area contributed by atoms with Crippen molar-refractivity contribution in [3.63, 3.8) is 0 Å². The molecule has 6 nitrogen and oxygen atoms in total. The number of aromatic nitrogens is 2. The van der Waals surface area contributed by atoms with Crippen LogP contribution in [-0.4, -0.2) is 43.9 Å². The zero-order chi connectivity index (χ0) is 14.3. The average Bonchev–Trinajstić information content (AvgIpc) is 2.47. The van der Waals surface area contributed by atoms with Crippen LogP contribution in [0.25, 0.3) is 0 Å². The van der Waals surface area contributed by atoms with Gasteiger partial charge in [-0.3, -0.25) is 0 Å². The predicted octanol–water partition coefficient (Wildman–Crippen LogP) is 1.57. The highest BCUT2D eigenvalue weighted by Gasteiger charge is 2.24. The van der Waals surface area contributed by atoms with E-state index in [-0.39, 0.29) is 12.1 Å². The van der Waals surface area contributed by atoms with Crippen molar-refractivity contribution in [2.45, 2.75) is 32.4 Å². The zero-order valence-electron chi connectivity index (χ0n) is 12.3. The van der Waals surface area contributed by atoms with E-state index in [1.54, 1.807) is 27.5 Å². The minimum Gasteiger partial charge on any atom is -0.480 e. The highest BCUT2D eigenvalue weighted by Crippen LogP contribution is 2.26. The van der Waals surface area contributed by atoms with E-state index in [2.05, 4.69) is 22.2 Å². The molecule has 0 bridgehead atoms. The van der Waals surface area contributed by atoms with Gasteiger partial charge in [-0.2, -0.15) is 4.98 Å². The van der Waals surface area contributed by atoms with Crippen molar-refractivity contribution in [2.24, 2.45) is 0 Å². The predicted molar refractivity (Wildman–Crippen MR) is 72.6 cm³/mol. The summed E-state index contributed by atoms with van der Waals surface area (Å²) >= 11 is 0. The molecule has 1 aromatic heterocycles. The fraction of sp³-hybridized carbons (Fsp3) is 0.692. The second-order valence-corrected chi connectivity index (χ2v) is 4.18. The molecule has 0 spiro atoms. The van der Waals surface area contributed by atoms with Crippen molar-refractivity contribution in [2.75, 3.05) is 27.9 Å². The van der Waals surface area contributed by atoms with E-state index in [9.17, 15) is 0 Å². The molecular weight excluding hydrogens is 246 g/mol. The fourth-order valence-electron chi connectivity index (χ4n) is 1.75. The van der Waals surface area contributed by atoms with Gasteiger partial charge >= 0.3 is 0 Å². The largest absolute Gasteiger partial charge is 0.480 e. The molecule has 19 heavy (non-hydrogen) atoms. The van der Waals surface area contributed by atoms with Crippen LogP contribution in [0.5, 0.6) is 11.8 Å². The van der Waals surface area contributed by atoms with Gasteiger partial charge in [0, 0.05) is 7.11 Å². The molecule has 1 rings (SSSR count). The lowest BCUT2D eigenvalue weighted by Gasteiger charge is -2.24. The van der Waals surface area contributed by atoms with Crippen molar-refractivity contribution in [1.82, 2.24) is 15.3 Å². The van der Waals surface area contributed by atoms with Crippen molar-refractivity contribution in [1.29, 1.82) is 0 Å². The summed E-state index contributed by atoms with van der Waals surface area (Å²) in [4.78, 5) is 8.64. The lowest BCUT2D eigenvalue weighted by molar-refractivity contribution is 0.0803. The fourth-order valence-corrected chi connectivity index (χ4v) is 1.75. The molecule has 0 aromatic carbocycles. The van der Waals surface area contributed by atoms with E-state index in [1.807, 2.05) is 6.92 Å². The zero-order valence-corrected chi connectivity index (χ0v) is 12.3. The van der Waals surface area contributed by atoms with Crippen LogP contribution < -0.4 is 14.8 Å². The maximum absolute atomic E-state index is 5.40. The van der Waals surface area contributed by atoms with E-state index in [0.29, 0.717) is 11.8 Å². The average molecular weight is 269 g/mol. The van der Waals surface area contributed by atoms with Crippen LogP contribution >= 0.6 is 0 Å². The quantitative estimate of drug-likeness (QED) is 0.772. The molecule has 0 saturated heterocycles. The molecule has 1 heterocycles. The SMILES string of the molecule is CCCNC(c1ncc(OC)nc1OC)C(C)OC. The second-order valence-electron chi connectivity index (χ2n) is 4.18. The van der Waals surface area contributed by atoms with E-state index < -0.39 is 0 Å². The molecule has 0 aliphatic heterocycles. The van der Waals surface area contributed by atoms with Crippen LogP contribution in [0.4, 0.5) is 0 Å². The van der Waals surface area contributed by atoms with Gasteiger partial charge in [0.2, 0.25) is 11.8 Å². The van der Waals surface area contributed by atoms with Crippen LogP contribution in [0.3, 0.4) is 0 Å². The summed E-state index contributed by atoms with van der Waals surface area (Å²) < 4.78 is 15.8. The summed E-state index contributed by atoms with van der Waals surface area (Å²) in [7, 11) is 4.80. The maximum Gasteiger partial charge on any atom is 0.240 e. The third-order valence-corrected chi connectivity index (χ3v) is 2.90. The second kappa shape index (κ2) is 7.91. The number of ether oxygens (including phenoxy) is 3. The molecule has 1 N–H and O–H groups in total. The Balaban J connectivity index is 3.06. The van der Waals surface area contributed by atoms with Gasteiger partial charge in [0.15, 0.2) is 0 Å². The summed E-state index contributed by atoms with van der Waals surface area (Å²) in [5.74, 6) is 0.886. The minimum absolute atomic E-state index is 0.0388. The molecule has 2 unspecified atom stereocenters. The monoisotopic (exact) mass is 269 g/mol. The molecule has 108 valence electrons. The van der Waals surface area contributed by atoms with Gasteiger partial charge in [-0.25, -0.2) is 4.98 Å². The van der Waals surface area contributed by atoms with Crippen LogP contribution in [-0.2, 0) is 4.74 Å². The molecule has 6 heteroatoms. The Morgan fingerprint density at radius 3 is 2.53 bits per heavy atom. The van der Waals surface area contributed by atoms with Crippen LogP contribution in [0.2, 0.25) is 0 Å². The first-order valence-electron chi connectivity index (χ1n) is 6.39. The van der Waals surface area contributed by atoms with Crippen molar-refractivity contribution in [3.8, 4) is 11.8 Å². The smallest absolute Gasteiger partial charge is 0.240 e. The standard InChI is InChI=1S/C13H23N3O3/c1-6-7-14-11(9(2)17-3)12-13(19-5)16-10(18-4)8-15-12/h8-9,11,14H,6-7H2,1-5H3. The Hall–Kier alpha value is -1.40. The molecule has 0 aliphatic carbocycles. The van der Waals surface area contributed by atoms with Gasteiger partial charge in [-0.15, -0.1) is 0 Å². The van der Waals surface area contributed by atoms with Crippen LogP contribution in [0.1, 0.15) is 32.0 Å². The summed E-state index contributed by atoms with van der Waals surface area (Å²) in [6.07, 6.45) is 2.57. The Labute approximate surface area is 114 Å².